The van der Waals surface area contributed by atoms with E-state index in [1.807, 2.05) is 31.2 Å². The molecule has 0 bridgehead atoms. The van der Waals surface area contributed by atoms with E-state index < -0.39 is 0 Å². The maximum atomic E-state index is 12.4. The van der Waals surface area contributed by atoms with Crippen LogP contribution in [0.25, 0.3) is 11.0 Å². The Kier molecular flexibility index (Phi) is 6.75. The van der Waals surface area contributed by atoms with Gasteiger partial charge in [0.1, 0.15) is 11.6 Å². The SMILES string of the molecule is CCn1c(CN2CCOCC2)nc2cc(NC(=O)COc3ccc(Cl)c(C)c3)ccc21. The van der Waals surface area contributed by atoms with Crippen LogP contribution in [0.5, 0.6) is 5.75 Å². The zero-order chi connectivity index (χ0) is 21.8. The molecule has 2 aromatic carbocycles. The lowest BCUT2D eigenvalue weighted by Crippen LogP contribution is -2.36. The van der Waals surface area contributed by atoms with Crippen LogP contribution in [-0.4, -0.2) is 53.3 Å². The summed E-state index contributed by atoms with van der Waals surface area (Å²) in [4.78, 5) is 19.6. The van der Waals surface area contributed by atoms with Crippen molar-refractivity contribution in [2.45, 2.75) is 26.9 Å². The molecule has 0 saturated carbocycles. The molecular weight excluding hydrogens is 416 g/mol. The Morgan fingerprint density at radius 3 is 2.77 bits per heavy atom. The Morgan fingerprint density at radius 1 is 1.23 bits per heavy atom. The number of ether oxygens (including phenoxy) is 2. The summed E-state index contributed by atoms with van der Waals surface area (Å²) in [5.74, 6) is 1.42. The normalized spacial score (nSPS) is 14.7. The molecule has 0 aliphatic carbocycles. The molecule has 1 aliphatic heterocycles. The first kappa shape index (κ1) is 21.6. The third-order valence-corrected chi connectivity index (χ3v) is 5.82. The van der Waals surface area contributed by atoms with Crippen LogP contribution in [0, 0.1) is 6.92 Å². The minimum atomic E-state index is -0.226. The van der Waals surface area contributed by atoms with Crippen molar-refractivity contribution in [2.24, 2.45) is 0 Å². The van der Waals surface area contributed by atoms with E-state index in [9.17, 15) is 4.79 Å². The number of aromatic nitrogens is 2. The van der Waals surface area contributed by atoms with Gasteiger partial charge in [0.05, 0.1) is 30.8 Å². The van der Waals surface area contributed by atoms with Gasteiger partial charge in [-0.25, -0.2) is 4.98 Å². The van der Waals surface area contributed by atoms with Gasteiger partial charge in [-0.3, -0.25) is 9.69 Å². The number of nitrogens with one attached hydrogen (secondary N) is 1. The van der Waals surface area contributed by atoms with E-state index in [-0.39, 0.29) is 12.5 Å². The number of fused-ring (bicyclic) bond motifs is 1. The fourth-order valence-corrected chi connectivity index (χ4v) is 3.86. The molecule has 1 aromatic heterocycles. The van der Waals surface area contributed by atoms with E-state index in [1.54, 1.807) is 12.1 Å². The number of halogens is 1. The second-order valence-electron chi connectivity index (χ2n) is 7.61. The lowest BCUT2D eigenvalue weighted by Gasteiger charge is -2.26. The molecule has 3 aromatic rings. The van der Waals surface area contributed by atoms with Crippen LogP contribution in [0.1, 0.15) is 18.3 Å². The summed E-state index contributed by atoms with van der Waals surface area (Å²) in [7, 11) is 0. The molecule has 1 amide bonds. The van der Waals surface area contributed by atoms with Crippen molar-refractivity contribution in [1.82, 2.24) is 14.5 Å². The molecule has 0 unspecified atom stereocenters. The zero-order valence-electron chi connectivity index (χ0n) is 17.9. The molecule has 7 nitrogen and oxygen atoms in total. The number of benzene rings is 2. The minimum absolute atomic E-state index is 0.0786. The number of hydrogen-bond donors (Lipinski definition) is 1. The van der Waals surface area contributed by atoms with Crippen LogP contribution < -0.4 is 10.1 Å². The van der Waals surface area contributed by atoms with Gasteiger partial charge >= 0.3 is 0 Å². The lowest BCUT2D eigenvalue weighted by atomic mass is 10.2. The second kappa shape index (κ2) is 9.68. The van der Waals surface area contributed by atoms with Gasteiger partial charge in [0.25, 0.3) is 5.91 Å². The van der Waals surface area contributed by atoms with Crippen LogP contribution >= 0.6 is 11.6 Å². The number of morpholine rings is 1. The van der Waals surface area contributed by atoms with E-state index in [0.717, 1.165) is 61.8 Å². The lowest BCUT2D eigenvalue weighted by molar-refractivity contribution is -0.118. The Labute approximate surface area is 186 Å². The number of anilines is 1. The van der Waals surface area contributed by atoms with E-state index in [1.165, 1.54) is 0 Å². The van der Waals surface area contributed by atoms with Crippen molar-refractivity contribution in [3.8, 4) is 5.75 Å². The van der Waals surface area contributed by atoms with Crippen molar-refractivity contribution in [2.75, 3.05) is 38.2 Å². The van der Waals surface area contributed by atoms with E-state index >= 15 is 0 Å². The maximum Gasteiger partial charge on any atom is 0.262 e. The fourth-order valence-electron chi connectivity index (χ4n) is 3.74. The second-order valence-corrected chi connectivity index (χ2v) is 8.02. The Hall–Kier alpha value is -2.61. The van der Waals surface area contributed by atoms with Crippen LogP contribution in [0.3, 0.4) is 0 Å². The van der Waals surface area contributed by atoms with E-state index in [0.29, 0.717) is 16.5 Å². The molecular formula is C23H27ClN4O3. The first-order chi connectivity index (χ1) is 15.0. The van der Waals surface area contributed by atoms with Gasteiger partial charge in [0, 0.05) is 30.3 Å². The van der Waals surface area contributed by atoms with Crippen LogP contribution in [0.4, 0.5) is 5.69 Å². The Balaban J connectivity index is 1.43. The number of nitrogens with zero attached hydrogens (tertiary/aromatic N) is 3. The first-order valence-electron chi connectivity index (χ1n) is 10.5. The monoisotopic (exact) mass is 442 g/mol. The predicted molar refractivity (Wildman–Crippen MR) is 122 cm³/mol. The van der Waals surface area contributed by atoms with Crippen molar-refractivity contribution >= 4 is 34.2 Å². The van der Waals surface area contributed by atoms with Gasteiger partial charge < -0.3 is 19.4 Å². The fraction of sp³-hybridized carbons (Fsp3) is 0.391. The summed E-state index contributed by atoms with van der Waals surface area (Å²) in [6, 6.07) is 11.1. The number of carbonyl (C=O) groups is 1. The van der Waals surface area contributed by atoms with Gasteiger partial charge in [0.15, 0.2) is 6.61 Å². The molecule has 164 valence electrons. The molecule has 1 saturated heterocycles. The van der Waals surface area contributed by atoms with Gasteiger partial charge in [0.2, 0.25) is 0 Å². The number of imidazole rings is 1. The number of carbonyl (C=O) groups excluding carboxylic acids is 1. The number of amides is 1. The quantitative estimate of drug-likeness (QED) is 0.601. The number of hydrogen-bond acceptors (Lipinski definition) is 5. The zero-order valence-corrected chi connectivity index (χ0v) is 18.6. The first-order valence-corrected chi connectivity index (χ1v) is 10.9. The Morgan fingerprint density at radius 2 is 2.03 bits per heavy atom. The van der Waals surface area contributed by atoms with Crippen LogP contribution in [0.2, 0.25) is 5.02 Å². The van der Waals surface area contributed by atoms with Crippen molar-refractivity contribution in [3.63, 3.8) is 0 Å². The molecule has 31 heavy (non-hydrogen) atoms. The predicted octanol–water partition coefficient (Wildman–Crippen LogP) is 3.87. The van der Waals surface area contributed by atoms with Gasteiger partial charge in [-0.15, -0.1) is 0 Å². The highest BCUT2D eigenvalue weighted by Crippen LogP contribution is 2.23. The molecule has 1 aliphatic rings. The van der Waals surface area contributed by atoms with Crippen molar-refractivity contribution in [3.05, 3.63) is 52.8 Å². The van der Waals surface area contributed by atoms with Gasteiger partial charge in [-0.2, -0.15) is 0 Å². The maximum absolute atomic E-state index is 12.4. The van der Waals surface area contributed by atoms with E-state index in [4.69, 9.17) is 26.1 Å². The standard InChI is InChI=1S/C23H27ClN4O3/c1-3-28-21-7-4-17(13-20(21)26-22(28)14-27-8-10-30-11-9-27)25-23(29)15-31-18-5-6-19(24)16(2)12-18/h4-7,12-13H,3,8-11,14-15H2,1-2H3,(H,25,29). The number of rotatable bonds is 7. The summed E-state index contributed by atoms with van der Waals surface area (Å²) in [5.41, 5.74) is 3.55. The third kappa shape index (κ3) is 5.18. The topological polar surface area (TPSA) is 68.6 Å². The average molecular weight is 443 g/mol. The summed E-state index contributed by atoms with van der Waals surface area (Å²) in [5, 5.41) is 3.56. The molecule has 0 atom stereocenters. The molecule has 4 rings (SSSR count). The van der Waals surface area contributed by atoms with Gasteiger partial charge in [-0.1, -0.05) is 11.6 Å². The smallest absolute Gasteiger partial charge is 0.262 e. The molecule has 0 radical (unpaired) electrons. The highest BCUT2D eigenvalue weighted by atomic mass is 35.5. The Bertz CT molecular complexity index is 1080. The molecule has 1 N–H and O–H groups in total. The summed E-state index contributed by atoms with van der Waals surface area (Å²) < 4.78 is 13.2. The molecule has 1 fully saturated rings. The summed E-state index contributed by atoms with van der Waals surface area (Å²) in [6.45, 7) is 8.94. The number of aryl methyl sites for hydroxylation is 2. The summed E-state index contributed by atoms with van der Waals surface area (Å²) in [6.07, 6.45) is 0. The van der Waals surface area contributed by atoms with Crippen molar-refractivity contribution < 1.29 is 14.3 Å². The van der Waals surface area contributed by atoms with Crippen LogP contribution in [0.15, 0.2) is 36.4 Å². The average Bonchev–Trinajstić information content (AvgIpc) is 3.11. The highest BCUT2D eigenvalue weighted by Gasteiger charge is 2.16. The largest absolute Gasteiger partial charge is 0.484 e. The summed E-state index contributed by atoms with van der Waals surface area (Å²) >= 11 is 6.03. The van der Waals surface area contributed by atoms with Crippen molar-refractivity contribution in [1.29, 1.82) is 0 Å². The molecule has 2 heterocycles. The van der Waals surface area contributed by atoms with Crippen LogP contribution in [-0.2, 0) is 22.6 Å². The van der Waals surface area contributed by atoms with E-state index in [2.05, 4.69) is 21.7 Å². The molecule has 8 heteroatoms. The third-order valence-electron chi connectivity index (χ3n) is 5.40. The minimum Gasteiger partial charge on any atom is -0.484 e. The van der Waals surface area contributed by atoms with Gasteiger partial charge in [-0.05, 0) is 55.8 Å². The molecule has 0 spiro atoms. The highest BCUT2D eigenvalue weighted by molar-refractivity contribution is 6.31.